The van der Waals surface area contributed by atoms with Crippen LogP contribution < -0.4 is 0 Å². The first-order chi connectivity index (χ1) is 14.2. The molecule has 1 heterocycles. The molecule has 0 aliphatic carbocycles. The molecule has 0 atom stereocenters. The summed E-state index contributed by atoms with van der Waals surface area (Å²) < 4.78 is 0. The van der Waals surface area contributed by atoms with Gasteiger partial charge in [0.05, 0.1) is 10.4 Å². The van der Waals surface area contributed by atoms with Crippen molar-refractivity contribution in [2.75, 3.05) is 0 Å². The number of hydrogen-bond donors (Lipinski definition) is 0. The second-order valence-electron chi connectivity index (χ2n) is 6.55. The molecule has 30 heavy (non-hydrogen) atoms. The molecule has 5 rings (SSSR count). The first kappa shape index (κ1) is 21.2. The molecule has 0 amide bonds. The summed E-state index contributed by atoms with van der Waals surface area (Å²) in [6.07, 6.45) is 0. The van der Waals surface area contributed by atoms with Crippen LogP contribution in [0.2, 0.25) is 0 Å². The van der Waals surface area contributed by atoms with E-state index in [1.54, 1.807) is 12.1 Å². The Morgan fingerprint density at radius 1 is 0.800 bits per heavy atom. The van der Waals surface area contributed by atoms with E-state index in [0.29, 0.717) is 0 Å². The zero-order chi connectivity index (χ0) is 20.1. The summed E-state index contributed by atoms with van der Waals surface area (Å²) >= 11 is 0. The number of pyridine rings is 1. The number of rotatable bonds is 3. The fourth-order valence-electron chi connectivity index (χ4n) is 3.13. The Morgan fingerprint density at radius 2 is 1.47 bits per heavy atom. The van der Waals surface area contributed by atoms with Crippen LogP contribution >= 0.6 is 0 Å². The number of fused-ring (bicyclic) bond motifs is 1. The smallest absolute Gasteiger partial charge is 0.270 e. The third-order valence-corrected chi connectivity index (χ3v) is 4.59. The topological polar surface area (TPSA) is 56.0 Å². The number of nitrogens with zero attached hydrogens (tertiary/aromatic N) is 2. The van der Waals surface area contributed by atoms with Crippen LogP contribution in [0.3, 0.4) is 0 Å². The maximum Gasteiger partial charge on any atom is 0.270 e. The van der Waals surface area contributed by atoms with E-state index >= 15 is 0 Å². The number of nitro groups is 1. The van der Waals surface area contributed by atoms with Gasteiger partial charge < -0.3 is 30.3 Å². The standard InChI is InChI=1S/C20H13N2O2.C5H5.Fe/c23-22(24)18-7-3-6-15(13-18)16-8-10-20-17(12-16)9-11-19(21-20)14-4-1-2-5-14;1-2-4-5-3-1;/h1-13H;1-5H;/q-1;-5;. The second kappa shape index (κ2) is 9.79. The van der Waals surface area contributed by atoms with Gasteiger partial charge in [0.1, 0.15) is 0 Å². The summed E-state index contributed by atoms with van der Waals surface area (Å²) in [5.41, 5.74) is 4.80. The van der Waals surface area contributed by atoms with E-state index in [1.807, 2.05) is 91.0 Å². The van der Waals surface area contributed by atoms with E-state index in [-0.39, 0.29) is 27.7 Å². The van der Waals surface area contributed by atoms with Crippen molar-refractivity contribution in [1.82, 2.24) is 4.98 Å². The molecule has 5 heteroatoms. The summed E-state index contributed by atoms with van der Waals surface area (Å²) in [5, 5.41) is 12.0. The maximum absolute atomic E-state index is 10.9. The first-order valence-electron chi connectivity index (χ1n) is 9.25. The molecule has 0 bridgehead atoms. The fourth-order valence-corrected chi connectivity index (χ4v) is 3.13. The first-order valence-corrected chi connectivity index (χ1v) is 9.25. The van der Waals surface area contributed by atoms with Crippen LogP contribution in [0.5, 0.6) is 0 Å². The quantitative estimate of drug-likeness (QED) is 0.139. The molecule has 4 nitrogen and oxygen atoms in total. The van der Waals surface area contributed by atoms with Crippen molar-refractivity contribution < 1.29 is 22.0 Å². The predicted octanol–water partition coefficient (Wildman–Crippen LogP) is 6.60. The van der Waals surface area contributed by atoms with Crippen LogP contribution in [0.4, 0.5) is 5.69 Å². The van der Waals surface area contributed by atoms with Gasteiger partial charge in [-0.1, -0.05) is 29.8 Å². The Morgan fingerprint density at radius 3 is 2.13 bits per heavy atom. The van der Waals surface area contributed by atoms with Gasteiger partial charge in [-0.05, 0) is 34.3 Å². The van der Waals surface area contributed by atoms with E-state index in [0.717, 1.165) is 33.3 Å². The molecule has 0 aliphatic heterocycles. The van der Waals surface area contributed by atoms with E-state index in [2.05, 4.69) is 0 Å². The van der Waals surface area contributed by atoms with Crippen molar-refractivity contribution in [2.45, 2.75) is 0 Å². The summed E-state index contributed by atoms with van der Waals surface area (Å²) in [7, 11) is 0. The average molecular weight is 434 g/mol. The molecule has 0 aliphatic rings. The molecule has 154 valence electrons. The van der Waals surface area contributed by atoms with Crippen LogP contribution in [0.25, 0.3) is 33.3 Å². The van der Waals surface area contributed by atoms with Gasteiger partial charge in [0.2, 0.25) is 0 Å². The van der Waals surface area contributed by atoms with E-state index in [9.17, 15) is 10.1 Å². The minimum atomic E-state index is -0.377. The monoisotopic (exact) mass is 434 g/mol. The second-order valence-corrected chi connectivity index (χ2v) is 6.55. The van der Waals surface area contributed by atoms with Crippen LogP contribution in [0, 0.1) is 10.1 Å². The molecular formula is C25H18FeN2O2-6. The largest absolute Gasteiger partial charge is 0.748 e. The van der Waals surface area contributed by atoms with Gasteiger partial charge >= 0.3 is 0 Å². The molecule has 1 aromatic heterocycles. The molecule has 0 fully saturated rings. The molecule has 0 spiro atoms. The molecular weight excluding hydrogens is 416 g/mol. The average Bonchev–Trinajstić information content (AvgIpc) is 3.50. The molecule has 0 unspecified atom stereocenters. The van der Waals surface area contributed by atoms with Crippen molar-refractivity contribution in [1.29, 1.82) is 0 Å². The normalized spacial score (nSPS) is 10.0. The van der Waals surface area contributed by atoms with Gasteiger partial charge in [-0.15, -0.1) is 18.2 Å². The molecule has 0 saturated carbocycles. The van der Waals surface area contributed by atoms with Gasteiger partial charge in [-0.25, -0.2) is 0 Å². The van der Waals surface area contributed by atoms with Crippen LogP contribution in [-0.2, 0) is 17.1 Å². The molecule has 0 radical (unpaired) electrons. The Bertz CT molecular complexity index is 1210. The van der Waals surface area contributed by atoms with Gasteiger partial charge in [-0.2, -0.15) is 12.1 Å². The van der Waals surface area contributed by atoms with Gasteiger partial charge in [-0.3, -0.25) is 15.1 Å². The van der Waals surface area contributed by atoms with Crippen LogP contribution in [0.1, 0.15) is 0 Å². The fraction of sp³-hybridized carbons (Fsp3) is 0. The SMILES string of the molecule is O=[N+]([O-])c1cccc(-c2ccc3nc(-[c-]4cccc4)ccc3c2)c1.[Fe].[cH-]1[cH-][cH-][cH-][cH-]1. The third-order valence-electron chi connectivity index (χ3n) is 4.59. The van der Waals surface area contributed by atoms with Crippen molar-refractivity contribution in [3.05, 3.63) is 119 Å². The minimum Gasteiger partial charge on any atom is -0.748 e. The van der Waals surface area contributed by atoms with Crippen molar-refractivity contribution in [3.63, 3.8) is 0 Å². The van der Waals surface area contributed by atoms with Crippen molar-refractivity contribution in [2.24, 2.45) is 0 Å². The summed E-state index contributed by atoms with van der Waals surface area (Å²) in [5.74, 6) is 0. The van der Waals surface area contributed by atoms with E-state index in [1.165, 1.54) is 6.07 Å². The number of aromatic nitrogens is 1. The molecule has 5 aromatic rings. The predicted molar refractivity (Wildman–Crippen MR) is 117 cm³/mol. The van der Waals surface area contributed by atoms with E-state index < -0.39 is 0 Å². The molecule has 0 N–H and O–H groups in total. The Balaban J connectivity index is 0.000000376. The van der Waals surface area contributed by atoms with E-state index in [4.69, 9.17) is 4.98 Å². The van der Waals surface area contributed by atoms with Crippen molar-refractivity contribution in [3.8, 4) is 22.4 Å². The van der Waals surface area contributed by atoms with Gasteiger partial charge in [0.15, 0.2) is 0 Å². The number of benzene rings is 2. The van der Waals surface area contributed by atoms with Crippen LogP contribution in [-0.4, -0.2) is 9.91 Å². The number of nitro benzene ring substituents is 1. The van der Waals surface area contributed by atoms with Gasteiger partial charge in [0, 0.05) is 29.2 Å². The van der Waals surface area contributed by atoms with Crippen molar-refractivity contribution >= 4 is 16.6 Å². The van der Waals surface area contributed by atoms with Gasteiger partial charge in [0.25, 0.3) is 5.69 Å². The zero-order valence-electron chi connectivity index (χ0n) is 16.0. The molecule has 4 aromatic carbocycles. The number of non-ortho nitro benzene ring substituents is 1. The Kier molecular flexibility index (Phi) is 6.91. The Hall–Kier alpha value is -3.53. The summed E-state index contributed by atoms with van der Waals surface area (Å²) in [4.78, 5) is 15.3. The third kappa shape index (κ3) is 4.90. The summed E-state index contributed by atoms with van der Waals surface area (Å²) in [6.45, 7) is 0. The zero-order valence-corrected chi connectivity index (χ0v) is 17.1. The summed E-state index contributed by atoms with van der Waals surface area (Å²) in [6, 6.07) is 34.7. The minimum absolute atomic E-state index is 0. The molecule has 0 saturated heterocycles. The Labute approximate surface area is 185 Å². The van der Waals surface area contributed by atoms with Crippen LogP contribution in [0.15, 0.2) is 109 Å². The maximum atomic E-state index is 10.9. The number of hydrogen-bond acceptors (Lipinski definition) is 3.